The van der Waals surface area contributed by atoms with Crippen LogP contribution in [0.25, 0.3) is 22.0 Å². The van der Waals surface area contributed by atoms with E-state index < -0.39 is 5.97 Å². The highest BCUT2D eigenvalue weighted by atomic mass is 16.4. The predicted octanol–water partition coefficient (Wildman–Crippen LogP) is 3.85. The molecule has 0 aliphatic rings. The van der Waals surface area contributed by atoms with E-state index in [9.17, 15) is 9.90 Å². The topological polar surface area (TPSA) is 42.2 Å². The number of aromatic carboxylic acids is 1. The van der Waals surface area contributed by atoms with Crippen molar-refractivity contribution >= 4 is 16.9 Å². The summed E-state index contributed by atoms with van der Waals surface area (Å²) in [6.07, 6.45) is 0. The molecule has 1 aromatic heterocycles. The Labute approximate surface area is 117 Å². The number of aromatic nitrogens is 1. The molecule has 0 bridgehead atoms. The summed E-state index contributed by atoms with van der Waals surface area (Å²) < 4.78 is 1.75. The van der Waals surface area contributed by atoms with Crippen LogP contribution in [0.1, 0.15) is 16.1 Å². The number of nitrogens with zero attached hydrogens (tertiary/aromatic N) is 1. The Morgan fingerprint density at radius 3 is 2.45 bits per heavy atom. The van der Waals surface area contributed by atoms with Crippen LogP contribution in [0, 0.1) is 6.92 Å². The second kappa shape index (κ2) is 4.53. The highest BCUT2D eigenvalue weighted by molar-refractivity contribution is 6.08. The van der Waals surface area contributed by atoms with Gasteiger partial charge in [-0.05, 0) is 24.6 Å². The molecule has 1 heterocycles. The van der Waals surface area contributed by atoms with Gasteiger partial charge in [-0.2, -0.15) is 0 Å². The van der Waals surface area contributed by atoms with Gasteiger partial charge in [-0.15, -0.1) is 0 Å². The summed E-state index contributed by atoms with van der Waals surface area (Å²) in [4.78, 5) is 11.6. The summed E-state index contributed by atoms with van der Waals surface area (Å²) in [5, 5.41) is 10.5. The molecule has 3 rings (SSSR count). The summed E-state index contributed by atoms with van der Waals surface area (Å²) in [7, 11) is 1.80. The first kappa shape index (κ1) is 12.5. The van der Waals surface area contributed by atoms with Gasteiger partial charge in [0.15, 0.2) is 0 Å². The van der Waals surface area contributed by atoms with Crippen molar-refractivity contribution in [2.45, 2.75) is 6.92 Å². The van der Waals surface area contributed by atoms with Gasteiger partial charge in [0.25, 0.3) is 0 Å². The molecular formula is C17H15NO2. The minimum absolute atomic E-state index is 0.330. The fraction of sp³-hybridized carbons (Fsp3) is 0.118. The fourth-order valence-corrected chi connectivity index (χ4v) is 2.71. The van der Waals surface area contributed by atoms with Gasteiger partial charge in [0.2, 0.25) is 0 Å². The molecule has 20 heavy (non-hydrogen) atoms. The van der Waals surface area contributed by atoms with Gasteiger partial charge in [0.05, 0.1) is 0 Å². The lowest BCUT2D eigenvalue weighted by Gasteiger charge is -2.03. The molecule has 0 amide bonds. The zero-order valence-electron chi connectivity index (χ0n) is 11.4. The summed E-state index contributed by atoms with van der Waals surface area (Å²) in [5.41, 5.74) is 4.11. The standard InChI is InChI=1S/C17H15NO2/c1-11-8-9-14-13(10-11)15(12-6-4-3-5-7-12)16(17(19)20)18(14)2/h3-10H,1-2H3,(H,19,20). The normalized spacial score (nSPS) is 10.9. The Balaban J connectivity index is 2.47. The molecular weight excluding hydrogens is 250 g/mol. The molecule has 100 valence electrons. The van der Waals surface area contributed by atoms with Gasteiger partial charge in [-0.3, -0.25) is 0 Å². The molecule has 3 aromatic rings. The maximum Gasteiger partial charge on any atom is 0.353 e. The Morgan fingerprint density at radius 2 is 1.80 bits per heavy atom. The molecule has 0 saturated heterocycles. The van der Waals surface area contributed by atoms with Crippen LogP contribution in [-0.2, 0) is 7.05 Å². The van der Waals surface area contributed by atoms with Gasteiger partial charge < -0.3 is 9.67 Å². The van der Waals surface area contributed by atoms with Crippen LogP contribution in [0.15, 0.2) is 48.5 Å². The first-order valence-electron chi connectivity index (χ1n) is 6.47. The van der Waals surface area contributed by atoms with Crippen molar-refractivity contribution in [3.05, 3.63) is 59.8 Å². The molecule has 3 heteroatoms. The first-order chi connectivity index (χ1) is 9.59. The monoisotopic (exact) mass is 265 g/mol. The van der Waals surface area contributed by atoms with E-state index in [4.69, 9.17) is 0 Å². The zero-order valence-corrected chi connectivity index (χ0v) is 11.4. The molecule has 0 unspecified atom stereocenters. The third-order valence-corrected chi connectivity index (χ3v) is 3.62. The van der Waals surface area contributed by atoms with Crippen LogP contribution in [0.5, 0.6) is 0 Å². The second-order valence-electron chi connectivity index (χ2n) is 4.97. The molecule has 0 aliphatic heterocycles. The predicted molar refractivity (Wildman–Crippen MR) is 80.1 cm³/mol. The number of aryl methyl sites for hydroxylation is 2. The van der Waals surface area contributed by atoms with Gasteiger partial charge in [-0.25, -0.2) is 4.79 Å². The van der Waals surface area contributed by atoms with Crippen LogP contribution in [-0.4, -0.2) is 15.6 Å². The van der Waals surface area contributed by atoms with Crippen LogP contribution in [0.3, 0.4) is 0 Å². The smallest absolute Gasteiger partial charge is 0.353 e. The number of hydrogen-bond donors (Lipinski definition) is 1. The molecule has 0 atom stereocenters. The molecule has 0 saturated carbocycles. The van der Waals surface area contributed by atoms with E-state index in [0.29, 0.717) is 5.69 Å². The summed E-state index contributed by atoms with van der Waals surface area (Å²) in [6, 6.07) is 15.7. The Hall–Kier alpha value is -2.55. The Morgan fingerprint density at radius 1 is 1.10 bits per heavy atom. The quantitative estimate of drug-likeness (QED) is 0.764. The fourth-order valence-electron chi connectivity index (χ4n) is 2.71. The highest BCUT2D eigenvalue weighted by Gasteiger charge is 2.21. The van der Waals surface area contributed by atoms with Crippen LogP contribution in [0.4, 0.5) is 0 Å². The maximum absolute atomic E-state index is 11.6. The van der Waals surface area contributed by atoms with Crippen molar-refractivity contribution in [3.63, 3.8) is 0 Å². The number of carboxylic acids is 1. The zero-order chi connectivity index (χ0) is 14.3. The lowest BCUT2D eigenvalue weighted by molar-refractivity contribution is 0.0688. The minimum Gasteiger partial charge on any atom is -0.477 e. The van der Waals surface area contributed by atoms with E-state index in [0.717, 1.165) is 27.6 Å². The maximum atomic E-state index is 11.6. The van der Waals surface area contributed by atoms with Crippen molar-refractivity contribution in [3.8, 4) is 11.1 Å². The number of carbonyl (C=O) groups is 1. The SMILES string of the molecule is Cc1ccc2c(c1)c(-c1ccccc1)c(C(=O)O)n2C. The third-order valence-electron chi connectivity index (χ3n) is 3.62. The van der Waals surface area contributed by atoms with Crippen LogP contribution >= 0.6 is 0 Å². The number of fused-ring (bicyclic) bond motifs is 1. The van der Waals surface area contributed by atoms with Crippen LogP contribution in [0.2, 0.25) is 0 Å². The first-order valence-corrected chi connectivity index (χ1v) is 6.47. The molecule has 1 N–H and O–H groups in total. The Kier molecular flexibility index (Phi) is 2.83. The molecule has 0 radical (unpaired) electrons. The van der Waals surface area contributed by atoms with Crippen LogP contribution < -0.4 is 0 Å². The summed E-state index contributed by atoms with van der Waals surface area (Å²) in [6.45, 7) is 2.02. The van der Waals surface area contributed by atoms with Gasteiger partial charge in [0, 0.05) is 23.5 Å². The largest absolute Gasteiger partial charge is 0.477 e. The average Bonchev–Trinajstić information content (AvgIpc) is 2.72. The van der Waals surface area contributed by atoms with Gasteiger partial charge in [-0.1, -0.05) is 42.0 Å². The highest BCUT2D eigenvalue weighted by Crippen LogP contribution is 2.34. The Bertz CT molecular complexity index is 801. The number of benzene rings is 2. The molecule has 2 aromatic carbocycles. The van der Waals surface area contributed by atoms with Gasteiger partial charge in [0.1, 0.15) is 5.69 Å². The summed E-state index contributed by atoms with van der Waals surface area (Å²) >= 11 is 0. The van der Waals surface area contributed by atoms with Crippen molar-refractivity contribution in [2.24, 2.45) is 7.05 Å². The molecule has 3 nitrogen and oxygen atoms in total. The van der Waals surface area contributed by atoms with Crippen molar-refractivity contribution in [2.75, 3.05) is 0 Å². The minimum atomic E-state index is -0.903. The summed E-state index contributed by atoms with van der Waals surface area (Å²) in [5.74, 6) is -0.903. The van der Waals surface area contributed by atoms with Crippen molar-refractivity contribution in [1.29, 1.82) is 0 Å². The van der Waals surface area contributed by atoms with E-state index >= 15 is 0 Å². The van der Waals surface area contributed by atoms with E-state index in [2.05, 4.69) is 0 Å². The molecule has 0 fully saturated rings. The van der Waals surface area contributed by atoms with Crippen molar-refractivity contribution in [1.82, 2.24) is 4.57 Å². The van der Waals surface area contributed by atoms with E-state index in [-0.39, 0.29) is 0 Å². The number of carboxylic acid groups (broad SMARTS) is 1. The third kappa shape index (κ3) is 1.79. The molecule has 0 spiro atoms. The lowest BCUT2D eigenvalue weighted by Crippen LogP contribution is -2.05. The van der Waals surface area contributed by atoms with Gasteiger partial charge >= 0.3 is 5.97 Å². The lowest BCUT2D eigenvalue weighted by atomic mass is 10.0. The van der Waals surface area contributed by atoms with E-state index in [1.54, 1.807) is 11.6 Å². The number of rotatable bonds is 2. The molecule has 0 aliphatic carbocycles. The number of hydrogen-bond acceptors (Lipinski definition) is 1. The average molecular weight is 265 g/mol. The second-order valence-corrected chi connectivity index (χ2v) is 4.97. The van der Waals surface area contributed by atoms with Crippen molar-refractivity contribution < 1.29 is 9.90 Å². The van der Waals surface area contributed by atoms with E-state index in [1.165, 1.54) is 0 Å². The van der Waals surface area contributed by atoms with E-state index in [1.807, 2.05) is 55.5 Å².